The second-order valence-corrected chi connectivity index (χ2v) is 16.7. The standard InChI is InChI=1S/C40H69N9O7/c1-25(2)33(37(55)47-30(15-13-23-44-38(41)56)35(53)45-27-18-16-26(3)17-19-27)48-36(54)29(46-32(51)24-42-10)14-11-12-22-43-31(50)21-20-28(49-40(7,8)9)34(52)39(4,5)6/h16-19,25,28-30,33,42,49H,11-15,20-24H2,1-10H3,(H,43,50)(H,45,53)(H,46,51)(H,47,55)(H,48,54)(H3,41,44,56)/t28-,29+,30+,33+/m1/s1. The zero-order chi connectivity index (χ0) is 42.6. The summed E-state index contributed by atoms with van der Waals surface area (Å²) in [7, 11) is 1.60. The highest BCUT2D eigenvalue weighted by Crippen LogP contribution is 2.21. The van der Waals surface area contributed by atoms with E-state index in [-0.39, 0.29) is 49.6 Å². The molecule has 0 aliphatic rings. The fourth-order valence-electron chi connectivity index (χ4n) is 5.76. The number of likely N-dealkylation sites (N-methyl/N-ethyl adjacent to an activating group) is 1. The van der Waals surface area contributed by atoms with Gasteiger partial charge in [0.25, 0.3) is 0 Å². The van der Waals surface area contributed by atoms with E-state index in [1.807, 2.05) is 60.6 Å². The number of carbonyl (C=O) groups excluding carboxylic acids is 7. The number of rotatable bonds is 24. The molecule has 4 atom stereocenters. The Bertz CT molecular complexity index is 1450. The summed E-state index contributed by atoms with van der Waals surface area (Å²) in [5.41, 5.74) is 5.85. The largest absolute Gasteiger partial charge is 0.356 e. The molecule has 1 rings (SSSR count). The van der Waals surface area contributed by atoms with Gasteiger partial charge in [0.2, 0.25) is 29.5 Å². The van der Waals surface area contributed by atoms with Crippen LogP contribution in [0.4, 0.5) is 10.5 Å². The first-order valence-corrected chi connectivity index (χ1v) is 19.6. The van der Waals surface area contributed by atoms with Crippen LogP contribution in [0.1, 0.15) is 106 Å². The molecule has 0 spiro atoms. The molecule has 10 N–H and O–H groups in total. The maximum atomic E-state index is 13.7. The summed E-state index contributed by atoms with van der Waals surface area (Å²) in [4.78, 5) is 90.1. The molecule has 316 valence electrons. The minimum Gasteiger partial charge on any atom is -0.356 e. The second-order valence-electron chi connectivity index (χ2n) is 16.7. The Morgan fingerprint density at radius 1 is 0.679 bits per heavy atom. The van der Waals surface area contributed by atoms with E-state index in [1.165, 1.54) is 0 Å². The molecule has 0 radical (unpaired) electrons. The van der Waals surface area contributed by atoms with E-state index >= 15 is 0 Å². The predicted octanol–water partition coefficient (Wildman–Crippen LogP) is 2.15. The number of Topliss-reactive ketones (excluding diaryl/α,β-unsaturated/α-hetero) is 1. The summed E-state index contributed by atoms with van der Waals surface area (Å²) in [5.74, 6) is -2.58. The number of hydrogen-bond acceptors (Lipinski definition) is 9. The fraction of sp³-hybridized carbons (Fsp3) is 0.675. The van der Waals surface area contributed by atoms with Crippen molar-refractivity contribution in [2.45, 2.75) is 137 Å². The molecule has 16 heteroatoms. The summed E-state index contributed by atoms with van der Waals surface area (Å²) >= 11 is 0. The van der Waals surface area contributed by atoms with Crippen LogP contribution in [0.5, 0.6) is 0 Å². The van der Waals surface area contributed by atoms with E-state index in [9.17, 15) is 33.6 Å². The lowest BCUT2D eigenvalue weighted by Gasteiger charge is -2.31. The van der Waals surface area contributed by atoms with Crippen LogP contribution in [0.3, 0.4) is 0 Å². The number of amides is 7. The zero-order valence-electron chi connectivity index (χ0n) is 35.2. The van der Waals surface area contributed by atoms with Crippen LogP contribution in [0.15, 0.2) is 24.3 Å². The van der Waals surface area contributed by atoms with Crippen LogP contribution in [-0.2, 0) is 28.8 Å². The number of primary amides is 1. The maximum Gasteiger partial charge on any atom is 0.312 e. The number of aryl methyl sites for hydroxylation is 1. The summed E-state index contributed by atoms with van der Waals surface area (Å²) in [6, 6.07) is 2.96. The van der Waals surface area contributed by atoms with Gasteiger partial charge < -0.3 is 48.3 Å². The molecule has 0 aromatic heterocycles. The van der Waals surface area contributed by atoms with Crippen molar-refractivity contribution in [3.8, 4) is 0 Å². The molecule has 16 nitrogen and oxygen atoms in total. The zero-order valence-corrected chi connectivity index (χ0v) is 35.2. The van der Waals surface area contributed by atoms with Crippen LogP contribution in [0.2, 0.25) is 0 Å². The summed E-state index contributed by atoms with van der Waals surface area (Å²) in [6.45, 7) is 17.4. The van der Waals surface area contributed by atoms with Crippen LogP contribution in [0, 0.1) is 18.3 Å². The second kappa shape index (κ2) is 24.1. The van der Waals surface area contributed by atoms with Gasteiger partial charge >= 0.3 is 6.03 Å². The molecule has 7 amide bonds. The molecule has 0 saturated carbocycles. The van der Waals surface area contributed by atoms with Crippen molar-refractivity contribution in [3.05, 3.63) is 29.8 Å². The first-order chi connectivity index (χ1) is 26.0. The van der Waals surface area contributed by atoms with E-state index in [2.05, 4.69) is 42.5 Å². The lowest BCUT2D eigenvalue weighted by molar-refractivity contribution is -0.134. The molecule has 56 heavy (non-hydrogen) atoms. The monoisotopic (exact) mass is 788 g/mol. The highest BCUT2D eigenvalue weighted by atomic mass is 16.2. The van der Waals surface area contributed by atoms with Crippen molar-refractivity contribution in [1.29, 1.82) is 0 Å². The molecule has 0 unspecified atom stereocenters. The van der Waals surface area contributed by atoms with E-state index in [0.29, 0.717) is 37.9 Å². The van der Waals surface area contributed by atoms with Gasteiger partial charge in [-0.3, -0.25) is 28.8 Å². The Balaban J connectivity index is 2.94. The van der Waals surface area contributed by atoms with Crippen molar-refractivity contribution in [2.75, 3.05) is 32.0 Å². The van der Waals surface area contributed by atoms with Crippen molar-refractivity contribution in [3.63, 3.8) is 0 Å². The van der Waals surface area contributed by atoms with Gasteiger partial charge in [0, 0.05) is 36.2 Å². The van der Waals surface area contributed by atoms with Crippen molar-refractivity contribution in [2.24, 2.45) is 17.1 Å². The maximum absolute atomic E-state index is 13.7. The van der Waals surface area contributed by atoms with E-state index in [4.69, 9.17) is 5.73 Å². The Kier molecular flexibility index (Phi) is 21.3. The van der Waals surface area contributed by atoms with Gasteiger partial charge in [-0.05, 0) is 91.3 Å². The number of anilines is 1. The minimum absolute atomic E-state index is 0.0287. The van der Waals surface area contributed by atoms with Crippen molar-refractivity contribution in [1.82, 2.24) is 37.2 Å². The Labute approximate surface area is 333 Å². The first kappa shape index (κ1) is 49.4. The molecule has 0 aliphatic carbocycles. The van der Waals surface area contributed by atoms with E-state index in [0.717, 1.165) is 5.56 Å². The lowest BCUT2D eigenvalue weighted by Crippen LogP contribution is -2.58. The number of urea groups is 1. The Morgan fingerprint density at radius 3 is 1.82 bits per heavy atom. The smallest absolute Gasteiger partial charge is 0.312 e. The molecular formula is C40H69N9O7. The summed E-state index contributed by atoms with van der Waals surface area (Å²) in [5, 5.41) is 22.5. The van der Waals surface area contributed by atoms with Gasteiger partial charge in [0.15, 0.2) is 5.78 Å². The molecule has 0 fully saturated rings. The third-order valence-corrected chi connectivity index (χ3v) is 8.72. The van der Waals surface area contributed by atoms with Crippen LogP contribution in [-0.4, -0.2) is 97.7 Å². The van der Waals surface area contributed by atoms with Crippen molar-refractivity contribution < 1.29 is 33.6 Å². The number of ketones is 1. The minimum atomic E-state index is -1.05. The lowest BCUT2D eigenvalue weighted by atomic mass is 9.84. The number of benzene rings is 1. The quantitative estimate of drug-likeness (QED) is 0.0697. The fourth-order valence-corrected chi connectivity index (χ4v) is 5.76. The van der Waals surface area contributed by atoms with Gasteiger partial charge in [0.1, 0.15) is 18.1 Å². The van der Waals surface area contributed by atoms with Crippen molar-refractivity contribution >= 4 is 47.0 Å². The third kappa shape index (κ3) is 20.4. The number of unbranched alkanes of at least 4 members (excludes halogenated alkanes) is 1. The average Bonchev–Trinajstić information content (AvgIpc) is 3.08. The van der Waals surface area contributed by atoms with E-state index in [1.54, 1.807) is 33.0 Å². The molecule has 0 bridgehead atoms. The molecule has 1 aromatic carbocycles. The average molecular weight is 788 g/mol. The molecule has 0 saturated heterocycles. The molecule has 0 heterocycles. The van der Waals surface area contributed by atoms with Gasteiger partial charge in [0.05, 0.1) is 12.6 Å². The first-order valence-electron chi connectivity index (χ1n) is 19.6. The molecule has 1 aromatic rings. The van der Waals surface area contributed by atoms with Crippen LogP contribution < -0.4 is 48.3 Å². The Hall–Kier alpha value is -4.57. The highest BCUT2D eigenvalue weighted by Gasteiger charge is 2.33. The summed E-state index contributed by atoms with van der Waals surface area (Å²) < 4.78 is 0. The predicted molar refractivity (Wildman–Crippen MR) is 218 cm³/mol. The normalized spacial score (nSPS) is 13.8. The number of nitrogens with one attached hydrogen (secondary N) is 8. The van der Waals surface area contributed by atoms with E-state index < -0.39 is 65.2 Å². The highest BCUT2D eigenvalue weighted by molar-refractivity contribution is 5.99. The van der Waals surface area contributed by atoms with Crippen LogP contribution in [0.25, 0.3) is 0 Å². The SMILES string of the molecule is CNCC(=O)N[C@@H](CCCCNC(=O)CC[C@@H](NC(C)(C)C)C(=O)C(C)(C)C)C(=O)N[C@H](C(=O)N[C@@H](CCCNC(N)=O)C(=O)Nc1ccc(C)cc1)C(C)C. The molecular weight excluding hydrogens is 718 g/mol. The number of carbonyl (C=O) groups is 7. The topological polar surface area (TPSA) is 242 Å². The summed E-state index contributed by atoms with van der Waals surface area (Å²) in [6.07, 6.45) is 2.24. The van der Waals surface area contributed by atoms with Gasteiger partial charge in [-0.15, -0.1) is 0 Å². The number of nitrogens with two attached hydrogens (primary N) is 1. The van der Waals surface area contributed by atoms with Gasteiger partial charge in [-0.2, -0.15) is 0 Å². The van der Waals surface area contributed by atoms with Gasteiger partial charge in [-0.25, -0.2) is 4.79 Å². The van der Waals surface area contributed by atoms with Crippen LogP contribution >= 0.6 is 0 Å². The Morgan fingerprint density at radius 2 is 1.27 bits per heavy atom. The molecule has 0 aliphatic heterocycles. The number of hydrogen-bond donors (Lipinski definition) is 9. The van der Waals surface area contributed by atoms with Gasteiger partial charge in [-0.1, -0.05) is 52.3 Å². The third-order valence-electron chi connectivity index (χ3n) is 8.72.